The number of nitrogens with one attached hydrogen (secondary N) is 2. The molecular weight excluding hydrogens is 554 g/mol. The van der Waals surface area contributed by atoms with E-state index in [1.807, 2.05) is 0 Å². The highest BCUT2D eigenvalue weighted by Crippen LogP contribution is 2.29. The number of H-pyrrole nitrogens is 1. The zero-order valence-electron chi connectivity index (χ0n) is 22.1. The first-order valence-electron chi connectivity index (χ1n) is 12.5. The third-order valence-electron chi connectivity index (χ3n) is 6.41. The molecule has 0 unspecified atom stereocenters. The van der Waals surface area contributed by atoms with Crippen molar-refractivity contribution >= 4 is 38.2 Å². The number of anilines is 2. The Morgan fingerprint density at radius 3 is 2.63 bits per heavy atom. The van der Waals surface area contributed by atoms with Gasteiger partial charge in [0.15, 0.2) is 11.6 Å². The van der Waals surface area contributed by atoms with Crippen LogP contribution in [0.25, 0.3) is 16.6 Å². The summed E-state index contributed by atoms with van der Waals surface area (Å²) >= 11 is 0. The first kappa shape index (κ1) is 27.8. The van der Waals surface area contributed by atoms with Crippen molar-refractivity contribution in [2.75, 3.05) is 22.9 Å². The zero-order valence-corrected chi connectivity index (χ0v) is 22.9. The number of rotatable bonds is 10. The van der Waals surface area contributed by atoms with Crippen LogP contribution in [0.4, 0.5) is 20.3 Å². The molecule has 10 nitrogen and oxygen atoms in total. The third-order valence-corrected chi connectivity index (χ3v) is 7.77. The smallest absolute Gasteiger partial charge is 0.232 e. The van der Waals surface area contributed by atoms with Crippen LogP contribution < -0.4 is 15.2 Å². The average molecular weight is 581 g/mol. The number of sulfonamides is 1. The number of nitrogens with two attached hydrogens (primary N) is 1. The largest absolute Gasteiger partial charge is 0.436 e. The van der Waals surface area contributed by atoms with E-state index in [0.717, 1.165) is 0 Å². The van der Waals surface area contributed by atoms with Crippen LogP contribution in [0.15, 0.2) is 60.9 Å². The number of aromatic amines is 1. The molecule has 0 fully saturated rings. The van der Waals surface area contributed by atoms with E-state index in [4.69, 9.17) is 10.5 Å². The number of nitrogen functional groups attached to an aromatic ring is 1. The molecular formula is C28H26F2N6O4S. The number of hydrogen-bond donors (Lipinski definition) is 3. The van der Waals surface area contributed by atoms with E-state index in [2.05, 4.69) is 19.8 Å². The average Bonchev–Trinajstić information content (AvgIpc) is 3.51. The van der Waals surface area contributed by atoms with E-state index >= 15 is 0 Å². The van der Waals surface area contributed by atoms with Gasteiger partial charge in [0.2, 0.25) is 21.7 Å². The first-order valence-corrected chi connectivity index (χ1v) is 14.2. The van der Waals surface area contributed by atoms with Gasteiger partial charge in [0, 0.05) is 17.0 Å². The summed E-state index contributed by atoms with van der Waals surface area (Å²) in [7, 11) is -3.72. The molecule has 212 valence electrons. The zero-order chi connectivity index (χ0) is 29.3. The molecule has 5 rings (SSSR count). The number of alkyl halides is 1. The van der Waals surface area contributed by atoms with Gasteiger partial charge >= 0.3 is 0 Å². The number of carbonyl (C=O) groups is 1. The van der Waals surface area contributed by atoms with Crippen LogP contribution in [-0.4, -0.2) is 46.4 Å². The van der Waals surface area contributed by atoms with Gasteiger partial charge in [-0.05, 0) is 61.7 Å². The van der Waals surface area contributed by atoms with Crippen molar-refractivity contribution < 1.29 is 26.7 Å². The van der Waals surface area contributed by atoms with Crippen molar-refractivity contribution in [3.05, 3.63) is 89.1 Å². The predicted octanol–water partition coefficient (Wildman–Crippen LogP) is 5.21. The summed E-state index contributed by atoms with van der Waals surface area (Å²) in [5.74, 6) is -0.982. The maximum atomic E-state index is 13.9. The number of ketones is 1. The molecule has 0 bridgehead atoms. The highest BCUT2D eigenvalue weighted by Gasteiger charge is 2.21. The summed E-state index contributed by atoms with van der Waals surface area (Å²) in [6.45, 7) is 2.77. The lowest BCUT2D eigenvalue weighted by molar-refractivity contribution is 0.103. The molecule has 0 aliphatic rings. The van der Waals surface area contributed by atoms with Crippen LogP contribution in [0.5, 0.6) is 11.6 Å². The minimum atomic E-state index is -3.72. The van der Waals surface area contributed by atoms with Gasteiger partial charge in [0.05, 0.1) is 47.5 Å². The third kappa shape index (κ3) is 5.75. The number of aromatic nitrogens is 4. The SMILES string of the molecule is Cc1cc2cc(C(=O)c3cnn(-c4cnc(Oc5ccccc5F)cc4C)c3N)[nH]c2cc1NS(=O)(=O)CCCF. The van der Waals surface area contributed by atoms with E-state index in [-0.39, 0.29) is 40.9 Å². The summed E-state index contributed by atoms with van der Waals surface area (Å²) < 4.78 is 60.3. The fourth-order valence-electron chi connectivity index (χ4n) is 4.30. The molecule has 4 N–H and O–H groups in total. The molecule has 2 aromatic carbocycles. The molecule has 13 heteroatoms. The summed E-state index contributed by atoms with van der Waals surface area (Å²) in [5.41, 5.74) is 9.36. The highest BCUT2D eigenvalue weighted by molar-refractivity contribution is 7.92. The summed E-state index contributed by atoms with van der Waals surface area (Å²) in [6.07, 6.45) is 2.71. The topological polar surface area (TPSA) is 145 Å². The minimum Gasteiger partial charge on any atom is -0.436 e. The van der Waals surface area contributed by atoms with Crippen LogP contribution in [-0.2, 0) is 10.0 Å². The molecule has 0 amide bonds. The monoisotopic (exact) mass is 580 g/mol. The first-order chi connectivity index (χ1) is 19.6. The highest BCUT2D eigenvalue weighted by atomic mass is 32.2. The number of benzene rings is 2. The van der Waals surface area contributed by atoms with Gasteiger partial charge in [-0.15, -0.1) is 0 Å². The van der Waals surface area contributed by atoms with Crippen molar-refractivity contribution in [1.29, 1.82) is 0 Å². The maximum absolute atomic E-state index is 13.9. The van der Waals surface area contributed by atoms with Crippen LogP contribution in [0, 0.1) is 19.7 Å². The van der Waals surface area contributed by atoms with Crippen LogP contribution in [0.2, 0.25) is 0 Å². The molecule has 0 aliphatic heterocycles. The van der Waals surface area contributed by atoms with Gasteiger partial charge in [-0.1, -0.05) is 12.1 Å². The van der Waals surface area contributed by atoms with Gasteiger partial charge in [0.25, 0.3) is 0 Å². The van der Waals surface area contributed by atoms with Gasteiger partial charge in [-0.2, -0.15) is 5.10 Å². The Balaban J connectivity index is 1.39. The van der Waals surface area contributed by atoms with Gasteiger partial charge in [-0.25, -0.2) is 22.5 Å². The molecule has 3 aromatic heterocycles. The van der Waals surface area contributed by atoms with Gasteiger partial charge in [-0.3, -0.25) is 13.9 Å². The van der Waals surface area contributed by atoms with Crippen molar-refractivity contribution in [2.45, 2.75) is 20.3 Å². The Labute approximate surface area is 234 Å². The Kier molecular flexibility index (Phi) is 7.45. The Bertz CT molecular complexity index is 1880. The Morgan fingerprint density at radius 1 is 1.12 bits per heavy atom. The quantitative estimate of drug-likeness (QED) is 0.192. The fraction of sp³-hybridized carbons (Fsp3) is 0.179. The van der Waals surface area contributed by atoms with E-state index in [9.17, 15) is 22.0 Å². The lowest BCUT2D eigenvalue weighted by atomic mass is 10.1. The number of carbonyl (C=O) groups excluding carboxylic acids is 1. The van der Waals surface area contributed by atoms with Crippen molar-refractivity contribution in [2.24, 2.45) is 0 Å². The van der Waals surface area contributed by atoms with Crippen LogP contribution in [0.1, 0.15) is 33.6 Å². The molecule has 0 saturated heterocycles. The molecule has 0 radical (unpaired) electrons. The number of pyridine rings is 1. The molecule has 0 aliphatic carbocycles. The standard InChI is InChI=1S/C28H26F2N6O4S/c1-16-10-18-12-23(34-22(18)13-21(16)35-41(38,39)9-5-8-29)27(37)19-14-33-36(28(19)31)24-15-32-26(11-17(24)2)40-25-7-4-3-6-20(25)30/h3-4,6-7,10-15,34-35H,5,8-9,31H2,1-2H3. The van der Waals surface area contributed by atoms with E-state index in [1.54, 1.807) is 50.2 Å². The van der Waals surface area contributed by atoms with Crippen molar-refractivity contribution in [1.82, 2.24) is 19.7 Å². The fourth-order valence-corrected chi connectivity index (χ4v) is 5.45. The Morgan fingerprint density at radius 2 is 1.90 bits per heavy atom. The Hall–Kier alpha value is -4.78. The number of hydrogen-bond acceptors (Lipinski definition) is 7. The van der Waals surface area contributed by atoms with Crippen LogP contribution >= 0.6 is 0 Å². The molecule has 3 heterocycles. The predicted molar refractivity (Wildman–Crippen MR) is 151 cm³/mol. The minimum absolute atomic E-state index is 0.0356. The maximum Gasteiger partial charge on any atom is 0.232 e. The number of fused-ring (bicyclic) bond motifs is 1. The van der Waals surface area contributed by atoms with Crippen molar-refractivity contribution in [3.8, 4) is 17.3 Å². The molecule has 0 spiro atoms. The van der Waals surface area contributed by atoms with E-state index < -0.39 is 28.3 Å². The molecule has 41 heavy (non-hydrogen) atoms. The molecule has 0 atom stereocenters. The molecule has 5 aromatic rings. The van der Waals surface area contributed by atoms with Crippen molar-refractivity contribution in [3.63, 3.8) is 0 Å². The lowest BCUT2D eigenvalue weighted by Gasteiger charge is -2.11. The lowest BCUT2D eigenvalue weighted by Crippen LogP contribution is -2.17. The number of aryl methyl sites for hydroxylation is 2. The second-order valence-electron chi connectivity index (χ2n) is 9.43. The van der Waals surface area contributed by atoms with Crippen LogP contribution in [0.3, 0.4) is 0 Å². The summed E-state index contributed by atoms with van der Waals surface area (Å²) in [5, 5.41) is 4.97. The molecule has 0 saturated carbocycles. The van der Waals surface area contributed by atoms with E-state index in [1.165, 1.54) is 29.2 Å². The summed E-state index contributed by atoms with van der Waals surface area (Å²) in [4.78, 5) is 20.6. The number of halogens is 2. The summed E-state index contributed by atoms with van der Waals surface area (Å²) in [6, 6.07) is 12.5. The second-order valence-corrected chi connectivity index (χ2v) is 11.3. The van der Waals surface area contributed by atoms with Gasteiger partial charge in [0.1, 0.15) is 5.82 Å². The van der Waals surface area contributed by atoms with E-state index in [0.29, 0.717) is 33.4 Å². The normalized spacial score (nSPS) is 11.6. The number of nitrogens with zero attached hydrogens (tertiary/aromatic N) is 3. The number of ether oxygens (including phenoxy) is 1. The number of para-hydroxylation sites is 1. The van der Waals surface area contributed by atoms with Gasteiger partial charge < -0.3 is 15.5 Å². The second kappa shape index (κ2) is 11.0.